The first-order valence-corrected chi connectivity index (χ1v) is 10.6. The molecule has 1 aromatic heterocycles. The average molecular weight is 362 g/mol. The van der Waals surface area contributed by atoms with Crippen LogP contribution in [0.15, 0.2) is 23.1 Å². The normalized spacial score (nSPS) is 16.1. The van der Waals surface area contributed by atoms with E-state index in [9.17, 15) is 8.42 Å². The second kappa shape index (κ2) is 7.15. The molecule has 0 spiro atoms. The summed E-state index contributed by atoms with van der Waals surface area (Å²) in [5.74, 6) is 1.44. The first kappa shape index (κ1) is 17.9. The summed E-state index contributed by atoms with van der Waals surface area (Å²) in [7, 11) is -1.43. The highest BCUT2D eigenvalue weighted by molar-refractivity contribution is 7.91. The Labute approximate surface area is 149 Å². The molecule has 0 saturated heterocycles. The molecule has 0 aliphatic heterocycles. The minimum Gasteiger partial charge on any atom is -0.382 e. The minimum absolute atomic E-state index is 0.0799. The van der Waals surface area contributed by atoms with Crippen molar-refractivity contribution in [1.82, 2.24) is 14.8 Å². The molecule has 3 rings (SSSR count). The van der Waals surface area contributed by atoms with Gasteiger partial charge in [0.05, 0.1) is 10.6 Å². The van der Waals surface area contributed by atoms with Crippen molar-refractivity contribution < 1.29 is 8.42 Å². The lowest BCUT2D eigenvalue weighted by molar-refractivity contribution is 0.463. The lowest BCUT2D eigenvalue weighted by atomic mass is 9.95. The van der Waals surface area contributed by atoms with E-state index in [1.165, 1.54) is 19.3 Å². The summed E-state index contributed by atoms with van der Waals surface area (Å²) in [5, 5.41) is 8.04. The molecular weight excluding hydrogens is 336 g/mol. The number of rotatable bonds is 5. The van der Waals surface area contributed by atoms with Crippen LogP contribution in [0.2, 0.25) is 0 Å². The number of aryl methyl sites for hydroxylation is 2. The maximum atomic E-state index is 12.3. The van der Waals surface area contributed by atoms with Crippen molar-refractivity contribution in [3.8, 4) is 11.4 Å². The van der Waals surface area contributed by atoms with Crippen molar-refractivity contribution in [3.05, 3.63) is 24.0 Å². The third-order valence-corrected chi connectivity index (χ3v) is 6.65. The summed E-state index contributed by atoms with van der Waals surface area (Å²) in [6, 6.07) is 5.67. The predicted molar refractivity (Wildman–Crippen MR) is 99.4 cm³/mol. The fraction of sp³-hybridized carbons (Fsp3) is 0.556. The second-order valence-electron chi connectivity index (χ2n) is 6.70. The maximum absolute atomic E-state index is 12.3. The van der Waals surface area contributed by atoms with Crippen molar-refractivity contribution in [2.75, 3.05) is 11.1 Å². The summed E-state index contributed by atoms with van der Waals surface area (Å²) in [6.45, 7) is 3.55. The van der Waals surface area contributed by atoms with E-state index in [4.69, 9.17) is 0 Å². The lowest BCUT2D eigenvalue weighted by Crippen LogP contribution is -2.22. The summed E-state index contributed by atoms with van der Waals surface area (Å²) < 4.78 is 26.3. The van der Waals surface area contributed by atoms with Crippen LogP contribution in [0.4, 0.5) is 5.69 Å². The van der Waals surface area contributed by atoms with Crippen molar-refractivity contribution in [2.24, 2.45) is 7.05 Å². The number of aromatic nitrogens is 3. The van der Waals surface area contributed by atoms with Crippen LogP contribution >= 0.6 is 0 Å². The molecule has 136 valence electrons. The van der Waals surface area contributed by atoms with E-state index in [2.05, 4.69) is 15.4 Å². The van der Waals surface area contributed by atoms with Gasteiger partial charge in [-0.2, -0.15) is 5.10 Å². The summed E-state index contributed by atoms with van der Waals surface area (Å²) in [4.78, 5) is 4.82. The van der Waals surface area contributed by atoms with Crippen LogP contribution in [0.5, 0.6) is 0 Å². The number of sulfone groups is 1. The van der Waals surface area contributed by atoms with Crippen LogP contribution in [0.1, 0.15) is 44.9 Å². The van der Waals surface area contributed by atoms with Crippen LogP contribution in [-0.4, -0.2) is 35.0 Å². The van der Waals surface area contributed by atoms with Gasteiger partial charge in [0, 0.05) is 24.3 Å². The number of benzene rings is 1. The molecule has 0 radical (unpaired) electrons. The first-order valence-electron chi connectivity index (χ1n) is 8.92. The Hall–Kier alpha value is -1.89. The average Bonchev–Trinajstić information content (AvgIpc) is 2.95. The summed E-state index contributed by atoms with van der Waals surface area (Å²) in [6.07, 6.45) is 6.04. The molecule has 1 aliphatic rings. The van der Waals surface area contributed by atoms with Gasteiger partial charge in [-0.1, -0.05) is 26.2 Å². The number of anilines is 1. The van der Waals surface area contributed by atoms with Crippen LogP contribution in [0.25, 0.3) is 11.4 Å². The van der Waals surface area contributed by atoms with Crippen molar-refractivity contribution in [1.29, 1.82) is 0 Å². The molecule has 0 atom stereocenters. The summed E-state index contributed by atoms with van der Waals surface area (Å²) in [5.41, 5.74) is 1.66. The quantitative estimate of drug-likeness (QED) is 0.883. The molecule has 1 saturated carbocycles. The van der Waals surface area contributed by atoms with Crippen LogP contribution in [0.3, 0.4) is 0 Å². The van der Waals surface area contributed by atoms with Gasteiger partial charge in [0.1, 0.15) is 5.82 Å². The zero-order valence-corrected chi connectivity index (χ0v) is 15.9. The molecule has 1 fully saturated rings. The third-order valence-electron chi connectivity index (χ3n) is 4.92. The Morgan fingerprint density at radius 1 is 1.24 bits per heavy atom. The predicted octanol–water partition coefficient (Wildman–Crippen LogP) is 3.33. The zero-order valence-electron chi connectivity index (χ0n) is 15.1. The molecule has 6 nitrogen and oxygen atoms in total. The van der Waals surface area contributed by atoms with Gasteiger partial charge in [-0.3, -0.25) is 4.68 Å². The molecule has 7 heteroatoms. The Morgan fingerprint density at radius 3 is 2.56 bits per heavy atom. The largest absolute Gasteiger partial charge is 0.382 e. The van der Waals surface area contributed by atoms with Crippen LogP contribution in [-0.2, 0) is 16.9 Å². The fourth-order valence-corrected chi connectivity index (χ4v) is 4.14. The van der Waals surface area contributed by atoms with Crippen LogP contribution in [0, 0.1) is 6.92 Å². The van der Waals surface area contributed by atoms with Gasteiger partial charge < -0.3 is 5.32 Å². The highest BCUT2D eigenvalue weighted by Gasteiger charge is 2.20. The van der Waals surface area contributed by atoms with E-state index >= 15 is 0 Å². The number of hydrogen-bond donors (Lipinski definition) is 1. The van der Waals surface area contributed by atoms with Crippen LogP contribution < -0.4 is 5.32 Å². The Bertz CT molecular complexity index is 832. The second-order valence-corrected chi connectivity index (χ2v) is 8.97. The third kappa shape index (κ3) is 3.86. The smallest absolute Gasteiger partial charge is 0.183 e. The van der Waals surface area contributed by atoms with Gasteiger partial charge in [-0.05, 0) is 38.0 Å². The van der Waals surface area contributed by atoms with Crippen molar-refractivity contribution in [3.63, 3.8) is 0 Å². The molecule has 0 amide bonds. The lowest BCUT2D eigenvalue weighted by Gasteiger charge is -2.25. The Morgan fingerprint density at radius 2 is 1.96 bits per heavy atom. The Kier molecular flexibility index (Phi) is 5.13. The van der Waals surface area contributed by atoms with Gasteiger partial charge in [0.25, 0.3) is 0 Å². The topological polar surface area (TPSA) is 76.9 Å². The maximum Gasteiger partial charge on any atom is 0.183 e. The molecule has 0 unspecified atom stereocenters. The molecule has 0 bridgehead atoms. The van der Waals surface area contributed by atoms with E-state index in [0.29, 0.717) is 16.8 Å². The molecule has 1 heterocycles. The van der Waals surface area contributed by atoms with E-state index in [1.807, 2.05) is 20.0 Å². The van der Waals surface area contributed by atoms with E-state index in [0.717, 1.165) is 29.9 Å². The first-order chi connectivity index (χ1) is 11.9. The number of nitrogens with zero attached hydrogens (tertiary/aromatic N) is 3. The van der Waals surface area contributed by atoms with Gasteiger partial charge >= 0.3 is 0 Å². The SMILES string of the molecule is CCS(=O)(=O)c1ccc(NC2CCCCC2)c(-c2nc(C)n(C)n2)c1. The van der Waals surface area contributed by atoms with Crippen molar-refractivity contribution in [2.45, 2.75) is 56.9 Å². The molecule has 2 aromatic rings. The van der Waals surface area contributed by atoms with Gasteiger partial charge in [-0.15, -0.1) is 0 Å². The highest BCUT2D eigenvalue weighted by atomic mass is 32.2. The van der Waals surface area contributed by atoms with E-state index in [-0.39, 0.29) is 5.75 Å². The van der Waals surface area contributed by atoms with Gasteiger partial charge in [0.15, 0.2) is 15.7 Å². The fourth-order valence-electron chi connectivity index (χ4n) is 3.24. The monoisotopic (exact) mass is 362 g/mol. The minimum atomic E-state index is -3.27. The molecule has 1 aliphatic carbocycles. The standard InChI is InChI=1S/C18H26N4O2S/c1-4-25(23,24)15-10-11-17(20-14-8-6-5-7-9-14)16(12-15)18-19-13(2)22(3)21-18/h10-12,14,20H,4-9H2,1-3H3. The summed E-state index contributed by atoms with van der Waals surface area (Å²) >= 11 is 0. The van der Waals surface area contributed by atoms with E-state index in [1.54, 1.807) is 23.7 Å². The zero-order chi connectivity index (χ0) is 18.0. The Balaban J connectivity index is 2.04. The highest BCUT2D eigenvalue weighted by Crippen LogP contribution is 2.31. The number of hydrogen-bond acceptors (Lipinski definition) is 5. The molecule has 1 aromatic carbocycles. The van der Waals surface area contributed by atoms with E-state index < -0.39 is 9.84 Å². The van der Waals surface area contributed by atoms with Gasteiger partial charge in [0.2, 0.25) is 0 Å². The molecule has 25 heavy (non-hydrogen) atoms. The number of nitrogens with one attached hydrogen (secondary N) is 1. The molecular formula is C18H26N4O2S. The van der Waals surface area contributed by atoms with Crippen molar-refractivity contribution >= 4 is 15.5 Å². The van der Waals surface area contributed by atoms with Gasteiger partial charge in [-0.25, -0.2) is 13.4 Å². The molecule has 1 N–H and O–H groups in total.